The summed E-state index contributed by atoms with van der Waals surface area (Å²) in [5, 5.41) is 9.01. The molecule has 0 unspecified atom stereocenters. The van der Waals surface area contributed by atoms with Crippen molar-refractivity contribution in [1.29, 1.82) is 0 Å². The highest BCUT2D eigenvalue weighted by atomic mass is 16.5. The highest BCUT2D eigenvalue weighted by Crippen LogP contribution is 2.18. The second kappa shape index (κ2) is 5.68. The first-order chi connectivity index (χ1) is 8.66. The van der Waals surface area contributed by atoms with E-state index in [0.717, 1.165) is 19.6 Å². The zero-order valence-electron chi connectivity index (χ0n) is 10.1. The Kier molecular flexibility index (Phi) is 3.99. The normalized spacial score (nSPS) is 15.8. The third kappa shape index (κ3) is 3.10. The third-order valence-electron chi connectivity index (χ3n) is 2.95. The van der Waals surface area contributed by atoms with Crippen LogP contribution in [0.1, 0.15) is 23.2 Å². The SMILES string of the molecule is Nc1cnc(OCCN2CCCC2)c(C(=O)O)c1. The molecule has 6 nitrogen and oxygen atoms in total. The molecule has 0 amide bonds. The molecule has 1 aliphatic rings. The summed E-state index contributed by atoms with van der Waals surface area (Å²) >= 11 is 0. The Hall–Kier alpha value is -1.82. The number of rotatable bonds is 5. The van der Waals surface area contributed by atoms with Gasteiger partial charge in [-0.1, -0.05) is 0 Å². The van der Waals surface area contributed by atoms with Crippen LogP contribution in [0.2, 0.25) is 0 Å². The summed E-state index contributed by atoms with van der Waals surface area (Å²) in [4.78, 5) is 17.2. The summed E-state index contributed by atoms with van der Waals surface area (Å²) in [6.07, 6.45) is 3.85. The van der Waals surface area contributed by atoms with Crippen LogP contribution in [0.3, 0.4) is 0 Å². The van der Waals surface area contributed by atoms with Gasteiger partial charge < -0.3 is 15.6 Å². The molecule has 0 saturated carbocycles. The quantitative estimate of drug-likeness (QED) is 0.806. The van der Waals surface area contributed by atoms with Crippen molar-refractivity contribution in [1.82, 2.24) is 9.88 Å². The number of nitrogens with zero attached hydrogens (tertiary/aromatic N) is 2. The smallest absolute Gasteiger partial charge is 0.341 e. The molecule has 2 rings (SSSR count). The van der Waals surface area contributed by atoms with Gasteiger partial charge in [0.25, 0.3) is 0 Å². The van der Waals surface area contributed by atoms with Crippen molar-refractivity contribution in [3.05, 3.63) is 17.8 Å². The maximum absolute atomic E-state index is 11.0. The molecule has 0 atom stereocenters. The summed E-state index contributed by atoms with van der Waals surface area (Å²) in [5.41, 5.74) is 5.83. The number of hydrogen-bond acceptors (Lipinski definition) is 5. The first-order valence-corrected chi connectivity index (χ1v) is 6.01. The Morgan fingerprint density at radius 1 is 1.50 bits per heavy atom. The maximum atomic E-state index is 11.0. The van der Waals surface area contributed by atoms with E-state index in [9.17, 15) is 4.79 Å². The molecule has 0 radical (unpaired) electrons. The van der Waals surface area contributed by atoms with Crippen LogP contribution < -0.4 is 10.5 Å². The fourth-order valence-corrected chi connectivity index (χ4v) is 2.01. The number of carboxylic acids is 1. The lowest BCUT2D eigenvalue weighted by atomic mass is 10.2. The zero-order valence-corrected chi connectivity index (χ0v) is 10.1. The molecule has 1 aromatic heterocycles. The van der Waals surface area contributed by atoms with Gasteiger partial charge in [-0.15, -0.1) is 0 Å². The second-order valence-corrected chi connectivity index (χ2v) is 4.32. The largest absolute Gasteiger partial charge is 0.477 e. The van der Waals surface area contributed by atoms with E-state index in [4.69, 9.17) is 15.6 Å². The minimum Gasteiger partial charge on any atom is -0.477 e. The van der Waals surface area contributed by atoms with Gasteiger partial charge >= 0.3 is 5.97 Å². The van der Waals surface area contributed by atoms with Crippen molar-refractivity contribution < 1.29 is 14.6 Å². The van der Waals surface area contributed by atoms with E-state index in [0.29, 0.717) is 12.3 Å². The molecule has 0 bridgehead atoms. The molecule has 98 valence electrons. The molecular weight excluding hydrogens is 234 g/mol. The monoisotopic (exact) mass is 251 g/mol. The number of hydrogen-bond donors (Lipinski definition) is 2. The number of aromatic nitrogens is 1. The van der Waals surface area contributed by atoms with Gasteiger partial charge in [-0.25, -0.2) is 9.78 Å². The van der Waals surface area contributed by atoms with E-state index in [1.165, 1.54) is 25.1 Å². The first kappa shape index (κ1) is 12.6. The summed E-state index contributed by atoms with van der Waals surface area (Å²) in [5.74, 6) is -0.943. The van der Waals surface area contributed by atoms with Crippen molar-refractivity contribution in [3.63, 3.8) is 0 Å². The molecule has 2 heterocycles. The van der Waals surface area contributed by atoms with E-state index in [1.807, 2.05) is 0 Å². The Morgan fingerprint density at radius 2 is 2.22 bits per heavy atom. The number of pyridine rings is 1. The van der Waals surface area contributed by atoms with Crippen molar-refractivity contribution >= 4 is 11.7 Å². The molecule has 0 aliphatic carbocycles. The number of carbonyl (C=O) groups is 1. The number of carboxylic acid groups (broad SMARTS) is 1. The zero-order chi connectivity index (χ0) is 13.0. The van der Waals surface area contributed by atoms with E-state index in [1.54, 1.807) is 0 Å². The number of ether oxygens (including phenoxy) is 1. The van der Waals surface area contributed by atoms with Crippen LogP contribution in [0, 0.1) is 0 Å². The van der Waals surface area contributed by atoms with Crippen LogP contribution in [0.25, 0.3) is 0 Å². The average Bonchev–Trinajstić information content (AvgIpc) is 2.84. The van der Waals surface area contributed by atoms with Crippen LogP contribution >= 0.6 is 0 Å². The standard InChI is InChI=1S/C12H17N3O3/c13-9-7-10(12(16)17)11(14-8-9)18-6-5-15-3-1-2-4-15/h7-8H,1-6,13H2,(H,16,17). The predicted octanol–water partition coefficient (Wildman–Crippen LogP) is 0.837. The van der Waals surface area contributed by atoms with Crippen LogP contribution in [0.5, 0.6) is 5.88 Å². The van der Waals surface area contributed by atoms with Gasteiger partial charge in [0, 0.05) is 6.54 Å². The fraction of sp³-hybridized carbons (Fsp3) is 0.500. The van der Waals surface area contributed by atoms with Crippen LogP contribution in [-0.2, 0) is 0 Å². The van der Waals surface area contributed by atoms with Crippen LogP contribution in [0.4, 0.5) is 5.69 Å². The molecule has 1 fully saturated rings. The summed E-state index contributed by atoms with van der Waals surface area (Å²) in [6, 6.07) is 1.36. The van der Waals surface area contributed by atoms with Gasteiger partial charge in [0.15, 0.2) is 0 Å². The molecule has 1 aliphatic heterocycles. The van der Waals surface area contributed by atoms with Crippen molar-refractivity contribution in [2.45, 2.75) is 12.8 Å². The minimum atomic E-state index is -1.08. The Morgan fingerprint density at radius 3 is 2.89 bits per heavy atom. The van der Waals surface area contributed by atoms with E-state index in [-0.39, 0.29) is 11.4 Å². The van der Waals surface area contributed by atoms with Gasteiger partial charge in [-0.05, 0) is 32.0 Å². The van der Waals surface area contributed by atoms with Crippen molar-refractivity contribution in [3.8, 4) is 5.88 Å². The number of anilines is 1. The van der Waals surface area contributed by atoms with E-state index in [2.05, 4.69) is 9.88 Å². The topological polar surface area (TPSA) is 88.7 Å². The number of likely N-dealkylation sites (tertiary alicyclic amines) is 1. The van der Waals surface area contributed by atoms with E-state index >= 15 is 0 Å². The Bertz CT molecular complexity index is 431. The highest BCUT2D eigenvalue weighted by molar-refractivity contribution is 5.91. The number of nitrogens with two attached hydrogens (primary N) is 1. The Balaban J connectivity index is 1.93. The maximum Gasteiger partial charge on any atom is 0.341 e. The molecule has 3 N–H and O–H groups in total. The van der Waals surface area contributed by atoms with Gasteiger partial charge in [-0.3, -0.25) is 4.90 Å². The first-order valence-electron chi connectivity index (χ1n) is 6.01. The lowest BCUT2D eigenvalue weighted by Crippen LogP contribution is -2.25. The van der Waals surface area contributed by atoms with E-state index < -0.39 is 5.97 Å². The fourth-order valence-electron chi connectivity index (χ4n) is 2.01. The molecule has 6 heteroatoms. The lowest BCUT2D eigenvalue weighted by Gasteiger charge is -2.15. The van der Waals surface area contributed by atoms with Gasteiger partial charge in [0.1, 0.15) is 12.2 Å². The predicted molar refractivity (Wildman–Crippen MR) is 66.8 cm³/mol. The van der Waals surface area contributed by atoms with Gasteiger partial charge in [0.2, 0.25) is 5.88 Å². The molecule has 0 spiro atoms. The number of nitrogen functional groups attached to an aromatic ring is 1. The molecule has 0 aromatic carbocycles. The van der Waals surface area contributed by atoms with Gasteiger partial charge in [0.05, 0.1) is 11.9 Å². The van der Waals surface area contributed by atoms with Gasteiger partial charge in [-0.2, -0.15) is 0 Å². The minimum absolute atomic E-state index is 0.0106. The molecule has 1 saturated heterocycles. The van der Waals surface area contributed by atoms with Crippen LogP contribution in [-0.4, -0.2) is 47.2 Å². The second-order valence-electron chi connectivity index (χ2n) is 4.32. The average molecular weight is 251 g/mol. The van der Waals surface area contributed by atoms with Crippen molar-refractivity contribution in [2.24, 2.45) is 0 Å². The molecule has 1 aromatic rings. The molecular formula is C12H17N3O3. The summed E-state index contributed by atoms with van der Waals surface area (Å²) < 4.78 is 5.43. The summed E-state index contributed by atoms with van der Waals surface area (Å²) in [6.45, 7) is 3.41. The summed E-state index contributed by atoms with van der Waals surface area (Å²) in [7, 11) is 0. The molecule has 18 heavy (non-hydrogen) atoms. The number of aromatic carboxylic acids is 1. The van der Waals surface area contributed by atoms with Crippen molar-refractivity contribution in [2.75, 3.05) is 32.0 Å². The lowest BCUT2D eigenvalue weighted by molar-refractivity contribution is 0.0690. The van der Waals surface area contributed by atoms with Crippen LogP contribution in [0.15, 0.2) is 12.3 Å². The Labute approximate surface area is 105 Å². The highest BCUT2D eigenvalue weighted by Gasteiger charge is 2.15. The third-order valence-corrected chi connectivity index (χ3v) is 2.95.